The van der Waals surface area contributed by atoms with Crippen LogP contribution in [0.3, 0.4) is 0 Å². The first-order chi connectivity index (χ1) is 12.6. The predicted octanol–water partition coefficient (Wildman–Crippen LogP) is 3.99. The first-order valence-corrected chi connectivity index (χ1v) is 9.23. The lowest BCUT2D eigenvalue weighted by atomic mass is 9.93. The highest BCUT2D eigenvalue weighted by molar-refractivity contribution is 5.96. The summed E-state index contributed by atoms with van der Waals surface area (Å²) < 4.78 is 1.94. The fourth-order valence-electron chi connectivity index (χ4n) is 4.03. The van der Waals surface area contributed by atoms with Crippen LogP contribution >= 0.6 is 0 Å². The van der Waals surface area contributed by atoms with Crippen molar-refractivity contribution >= 4 is 10.9 Å². The number of hydrogen-bond donors (Lipinski definition) is 1. The second kappa shape index (κ2) is 6.52. The molecule has 0 bridgehead atoms. The van der Waals surface area contributed by atoms with Crippen molar-refractivity contribution in [3.63, 3.8) is 0 Å². The summed E-state index contributed by atoms with van der Waals surface area (Å²) in [6.45, 7) is 8.29. The summed E-state index contributed by atoms with van der Waals surface area (Å²) in [5.74, 6) is 0.994. The molecular formula is C22H26N4. The Labute approximate surface area is 155 Å². The molecule has 3 aromatic rings. The first-order valence-electron chi connectivity index (χ1n) is 9.23. The van der Waals surface area contributed by atoms with Gasteiger partial charge in [-0.25, -0.2) is 0 Å². The fraction of sp³-hybridized carbons (Fsp3) is 0.318. The van der Waals surface area contributed by atoms with E-state index < -0.39 is 0 Å². The number of rotatable bonds is 3. The maximum Gasteiger partial charge on any atom is 0.0939 e. The molecule has 0 amide bonds. The van der Waals surface area contributed by atoms with Crippen molar-refractivity contribution in [3.8, 4) is 11.1 Å². The van der Waals surface area contributed by atoms with Crippen molar-refractivity contribution in [1.29, 1.82) is 0 Å². The van der Waals surface area contributed by atoms with Crippen LogP contribution in [0.5, 0.6) is 0 Å². The molecule has 1 aromatic heterocycles. The van der Waals surface area contributed by atoms with Crippen LogP contribution in [0.15, 0.2) is 48.9 Å². The molecule has 0 fully saturated rings. The van der Waals surface area contributed by atoms with Crippen LogP contribution in [0.25, 0.3) is 22.0 Å². The number of aryl methyl sites for hydroxylation is 3. The lowest BCUT2D eigenvalue weighted by molar-refractivity contribution is 0.324. The summed E-state index contributed by atoms with van der Waals surface area (Å²) in [6, 6.07) is 11.3. The van der Waals surface area contributed by atoms with Gasteiger partial charge in [-0.2, -0.15) is 5.10 Å². The first kappa shape index (κ1) is 16.7. The van der Waals surface area contributed by atoms with Crippen LogP contribution in [0.2, 0.25) is 0 Å². The van der Waals surface area contributed by atoms with Crippen molar-refractivity contribution in [1.82, 2.24) is 20.0 Å². The van der Waals surface area contributed by atoms with Gasteiger partial charge in [0.25, 0.3) is 0 Å². The van der Waals surface area contributed by atoms with Crippen molar-refractivity contribution in [3.05, 3.63) is 65.6 Å². The van der Waals surface area contributed by atoms with Crippen LogP contribution in [-0.2, 0) is 20.0 Å². The third-order valence-corrected chi connectivity index (χ3v) is 5.54. The van der Waals surface area contributed by atoms with Crippen molar-refractivity contribution < 1.29 is 0 Å². The van der Waals surface area contributed by atoms with E-state index in [1.807, 2.05) is 25.0 Å². The van der Waals surface area contributed by atoms with Gasteiger partial charge in [-0.3, -0.25) is 4.68 Å². The molecule has 1 N–H and O–H groups in total. The Morgan fingerprint density at radius 2 is 2.04 bits per heavy atom. The van der Waals surface area contributed by atoms with Gasteiger partial charge in [0, 0.05) is 32.6 Å². The van der Waals surface area contributed by atoms with Crippen LogP contribution in [-0.4, -0.2) is 28.3 Å². The minimum atomic E-state index is 0.908. The zero-order valence-electron chi connectivity index (χ0n) is 15.8. The highest BCUT2D eigenvalue weighted by Gasteiger charge is 2.17. The Bertz CT molecular complexity index is 983. The molecule has 4 nitrogen and oxygen atoms in total. The Morgan fingerprint density at radius 1 is 1.19 bits per heavy atom. The molecule has 0 spiro atoms. The van der Waals surface area contributed by atoms with Crippen LogP contribution in [0, 0.1) is 6.92 Å². The maximum atomic E-state index is 4.46. The molecule has 26 heavy (non-hydrogen) atoms. The summed E-state index contributed by atoms with van der Waals surface area (Å²) in [6.07, 6.45) is 4.27. The van der Waals surface area contributed by atoms with Crippen molar-refractivity contribution in [2.75, 3.05) is 13.6 Å². The van der Waals surface area contributed by atoms with E-state index in [4.69, 9.17) is 0 Å². The van der Waals surface area contributed by atoms with Gasteiger partial charge < -0.3 is 10.2 Å². The molecule has 2 aromatic carbocycles. The quantitative estimate of drug-likeness (QED) is 0.778. The average molecular weight is 346 g/mol. The number of nitrogens with one attached hydrogen (secondary N) is 1. The minimum absolute atomic E-state index is 0.908. The van der Waals surface area contributed by atoms with Gasteiger partial charge in [-0.05, 0) is 59.7 Å². The Hall–Kier alpha value is -2.75. The molecule has 0 saturated heterocycles. The van der Waals surface area contributed by atoms with E-state index in [1.165, 1.54) is 38.7 Å². The Balaban J connectivity index is 1.82. The van der Waals surface area contributed by atoms with E-state index >= 15 is 0 Å². The van der Waals surface area contributed by atoms with Gasteiger partial charge in [0.1, 0.15) is 0 Å². The second-order valence-electron chi connectivity index (χ2n) is 7.16. The van der Waals surface area contributed by atoms with E-state index in [1.54, 1.807) is 0 Å². The fourth-order valence-corrected chi connectivity index (χ4v) is 4.03. The number of nitrogens with zero attached hydrogens (tertiary/aromatic N) is 3. The smallest absolute Gasteiger partial charge is 0.0939 e. The van der Waals surface area contributed by atoms with Crippen molar-refractivity contribution in [2.24, 2.45) is 7.05 Å². The molecule has 2 heterocycles. The minimum Gasteiger partial charge on any atom is -0.375 e. The lowest BCUT2D eigenvalue weighted by Gasteiger charge is -2.25. The van der Waals surface area contributed by atoms with Gasteiger partial charge in [0.15, 0.2) is 0 Å². The normalized spacial score (nSPS) is 14.2. The number of benzene rings is 2. The highest BCUT2D eigenvalue weighted by atomic mass is 15.2. The van der Waals surface area contributed by atoms with Crippen LogP contribution in [0.4, 0.5) is 0 Å². The summed E-state index contributed by atoms with van der Waals surface area (Å²) in [5.41, 5.74) is 7.88. The number of hydrogen-bond acceptors (Lipinski definition) is 3. The molecule has 0 unspecified atom stereocenters. The molecule has 0 saturated carbocycles. The van der Waals surface area contributed by atoms with Gasteiger partial charge in [0.05, 0.1) is 17.5 Å². The molecule has 134 valence electrons. The predicted molar refractivity (Wildman–Crippen MR) is 108 cm³/mol. The average Bonchev–Trinajstić information content (AvgIpc) is 2.89. The van der Waals surface area contributed by atoms with Crippen LogP contribution in [0.1, 0.15) is 23.1 Å². The Kier molecular flexibility index (Phi) is 4.19. The summed E-state index contributed by atoms with van der Waals surface area (Å²) >= 11 is 0. The maximum absolute atomic E-state index is 4.46. The van der Waals surface area contributed by atoms with Crippen molar-refractivity contribution in [2.45, 2.75) is 26.3 Å². The topological polar surface area (TPSA) is 33.1 Å². The van der Waals surface area contributed by atoms with E-state index in [2.05, 4.69) is 59.1 Å². The van der Waals surface area contributed by atoms with Gasteiger partial charge >= 0.3 is 0 Å². The van der Waals surface area contributed by atoms with E-state index in [-0.39, 0.29) is 0 Å². The standard InChI is InChI=1S/C22H26N4/c1-15-7-10-21-20(13-24-25(21)4)22(15)18-9-8-17-6-5-11-26(16(2)23-3)14-19(17)12-18/h7-10,12-13,23H,2,5-6,11,14H2,1,3-4H3. The molecule has 0 radical (unpaired) electrons. The summed E-state index contributed by atoms with van der Waals surface area (Å²) in [4.78, 5) is 2.34. The number of fused-ring (bicyclic) bond motifs is 2. The number of aromatic nitrogens is 2. The summed E-state index contributed by atoms with van der Waals surface area (Å²) in [7, 11) is 3.94. The van der Waals surface area contributed by atoms with Gasteiger partial charge in [0.2, 0.25) is 0 Å². The molecule has 0 aliphatic carbocycles. The molecule has 4 rings (SSSR count). The van der Waals surface area contributed by atoms with E-state index in [0.717, 1.165) is 31.8 Å². The Morgan fingerprint density at radius 3 is 2.85 bits per heavy atom. The van der Waals surface area contributed by atoms with Gasteiger partial charge in [-0.1, -0.05) is 24.8 Å². The van der Waals surface area contributed by atoms with Gasteiger partial charge in [-0.15, -0.1) is 0 Å². The summed E-state index contributed by atoms with van der Waals surface area (Å²) in [5, 5.41) is 8.88. The molecule has 4 heteroatoms. The second-order valence-corrected chi connectivity index (χ2v) is 7.16. The lowest BCUT2D eigenvalue weighted by Crippen LogP contribution is -2.28. The van der Waals surface area contributed by atoms with E-state index in [9.17, 15) is 0 Å². The molecule has 1 aliphatic rings. The molecule has 1 aliphatic heterocycles. The SMILES string of the molecule is C=C(NC)N1CCCc2ccc(-c3c(C)ccc4c3cnn4C)cc2C1. The molecule has 0 atom stereocenters. The zero-order valence-corrected chi connectivity index (χ0v) is 15.8. The third kappa shape index (κ3) is 2.75. The van der Waals surface area contributed by atoms with Crippen LogP contribution < -0.4 is 5.32 Å². The monoisotopic (exact) mass is 346 g/mol. The highest BCUT2D eigenvalue weighted by Crippen LogP contribution is 2.34. The zero-order chi connectivity index (χ0) is 18.3. The molecular weight excluding hydrogens is 320 g/mol. The third-order valence-electron chi connectivity index (χ3n) is 5.54. The largest absolute Gasteiger partial charge is 0.375 e. The van der Waals surface area contributed by atoms with E-state index in [0.29, 0.717) is 0 Å².